The number of hydrogen-bond donors (Lipinski definition) is 2. The van der Waals surface area contributed by atoms with Crippen molar-refractivity contribution in [2.75, 3.05) is 5.32 Å². The maximum Gasteiger partial charge on any atom is 0.293 e. The number of benzene rings is 1. The van der Waals surface area contributed by atoms with Crippen molar-refractivity contribution in [3.05, 3.63) is 32.8 Å². The molecule has 0 aliphatic heterocycles. The van der Waals surface area contributed by atoms with Gasteiger partial charge in [-0.2, -0.15) is 0 Å². The Kier molecular flexibility index (Phi) is 4.16. The molecule has 0 radical (unpaired) electrons. The van der Waals surface area contributed by atoms with Crippen molar-refractivity contribution >= 4 is 33.2 Å². The van der Waals surface area contributed by atoms with E-state index >= 15 is 0 Å². The summed E-state index contributed by atoms with van der Waals surface area (Å²) in [5, 5.41) is 13.6. The lowest BCUT2D eigenvalue weighted by Gasteiger charge is -2.15. The minimum absolute atomic E-state index is 0.130. The molecule has 0 bridgehead atoms. The number of nitro benzene ring substituents is 1. The van der Waals surface area contributed by atoms with Crippen LogP contribution in [0.5, 0.6) is 0 Å². The number of amides is 1. The van der Waals surface area contributed by atoms with Crippen LogP contribution in [0.25, 0.3) is 0 Å². The summed E-state index contributed by atoms with van der Waals surface area (Å²) in [6, 6.07) is 4.37. The quantitative estimate of drug-likeness (QED) is 0.657. The van der Waals surface area contributed by atoms with Crippen molar-refractivity contribution in [2.24, 2.45) is 11.7 Å². The Bertz CT molecular complexity index is 521. The Morgan fingerprint density at radius 3 is 2.79 bits per heavy atom. The SMILES string of the molecule is NC1CCCC1C(=O)Nc1ccc(Br)cc1[N+](=O)[O-]. The highest BCUT2D eigenvalue weighted by Crippen LogP contribution is 2.30. The lowest BCUT2D eigenvalue weighted by atomic mass is 10.0. The van der Waals surface area contributed by atoms with Gasteiger partial charge in [-0.3, -0.25) is 14.9 Å². The molecule has 2 rings (SSSR count). The zero-order valence-electron chi connectivity index (χ0n) is 10.1. The van der Waals surface area contributed by atoms with Gasteiger partial charge in [0.1, 0.15) is 5.69 Å². The van der Waals surface area contributed by atoms with Crippen LogP contribution in [0.15, 0.2) is 22.7 Å². The Labute approximate surface area is 118 Å². The molecule has 1 aromatic carbocycles. The molecule has 1 aromatic rings. The van der Waals surface area contributed by atoms with Gasteiger partial charge < -0.3 is 11.1 Å². The summed E-state index contributed by atoms with van der Waals surface area (Å²) in [5.41, 5.74) is 5.93. The molecular weight excluding hydrogens is 314 g/mol. The summed E-state index contributed by atoms with van der Waals surface area (Å²) in [4.78, 5) is 22.5. The number of nitro groups is 1. The molecule has 2 unspecified atom stereocenters. The second-order valence-corrected chi connectivity index (χ2v) is 5.52. The van der Waals surface area contributed by atoms with Crippen molar-refractivity contribution < 1.29 is 9.72 Å². The first-order chi connectivity index (χ1) is 8.99. The second kappa shape index (κ2) is 5.66. The molecule has 1 fully saturated rings. The lowest BCUT2D eigenvalue weighted by Crippen LogP contribution is -2.34. The first-order valence-electron chi connectivity index (χ1n) is 5.99. The van der Waals surface area contributed by atoms with Crippen molar-refractivity contribution in [1.82, 2.24) is 0 Å². The maximum atomic E-state index is 12.1. The minimum Gasteiger partial charge on any atom is -0.327 e. The molecule has 102 valence electrons. The van der Waals surface area contributed by atoms with Crippen LogP contribution in [0.2, 0.25) is 0 Å². The molecule has 0 saturated heterocycles. The second-order valence-electron chi connectivity index (χ2n) is 4.61. The molecule has 19 heavy (non-hydrogen) atoms. The number of carbonyl (C=O) groups is 1. The van der Waals surface area contributed by atoms with Crippen LogP contribution in [0.3, 0.4) is 0 Å². The fourth-order valence-electron chi connectivity index (χ4n) is 2.30. The maximum absolute atomic E-state index is 12.1. The summed E-state index contributed by atoms with van der Waals surface area (Å²) in [6.07, 6.45) is 2.47. The van der Waals surface area contributed by atoms with Gasteiger partial charge in [-0.25, -0.2) is 0 Å². The highest BCUT2D eigenvalue weighted by Gasteiger charge is 2.31. The highest BCUT2D eigenvalue weighted by atomic mass is 79.9. The van der Waals surface area contributed by atoms with E-state index in [4.69, 9.17) is 5.73 Å². The van der Waals surface area contributed by atoms with Gasteiger partial charge >= 0.3 is 0 Å². The standard InChI is InChI=1S/C12H14BrN3O3/c13-7-4-5-10(11(6-7)16(18)19)15-12(17)8-2-1-3-9(8)14/h4-6,8-9H,1-3,14H2,(H,15,17). The molecule has 0 heterocycles. The molecule has 7 heteroatoms. The first kappa shape index (κ1) is 14.0. The predicted octanol–water partition coefficient (Wildman–Crippen LogP) is 2.42. The van der Waals surface area contributed by atoms with Crippen LogP contribution < -0.4 is 11.1 Å². The number of anilines is 1. The fraction of sp³-hybridized carbons (Fsp3) is 0.417. The monoisotopic (exact) mass is 327 g/mol. The molecule has 0 spiro atoms. The number of nitrogens with two attached hydrogens (primary N) is 1. The van der Waals surface area contributed by atoms with Gasteiger partial charge in [0, 0.05) is 16.6 Å². The molecule has 0 aromatic heterocycles. The predicted molar refractivity (Wildman–Crippen MR) is 74.7 cm³/mol. The van der Waals surface area contributed by atoms with E-state index in [0.717, 1.165) is 19.3 Å². The molecular formula is C12H14BrN3O3. The van der Waals surface area contributed by atoms with Crippen LogP contribution in [-0.4, -0.2) is 16.9 Å². The zero-order chi connectivity index (χ0) is 14.0. The highest BCUT2D eigenvalue weighted by molar-refractivity contribution is 9.10. The lowest BCUT2D eigenvalue weighted by molar-refractivity contribution is -0.384. The van der Waals surface area contributed by atoms with Crippen molar-refractivity contribution in [3.63, 3.8) is 0 Å². The van der Waals surface area contributed by atoms with Crippen molar-refractivity contribution in [2.45, 2.75) is 25.3 Å². The normalized spacial score (nSPS) is 22.2. The average Bonchev–Trinajstić information content (AvgIpc) is 2.77. The third-order valence-corrected chi connectivity index (χ3v) is 3.81. The smallest absolute Gasteiger partial charge is 0.293 e. The zero-order valence-corrected chi connectivity index (χ0v) is 11.7. The van der Waals surface area contributed by atoms with E-state index in [1.54, 1.807) is 6.07 Å². The van der Waals surface area contributed by atoms with Crippen LogP contribution in [-0.2, 0) is 4.79 Å². The summed E-state index contributed by atoms with van der Waals surface area (Å²) >= 11 is 3.17. The summed E-state index contributed by atoms with van der Waals surface area (Å²) in [5.74, 6) is -0.501. The number of hydrogen-bond acceptors (Lipinski definition) is 4. The Morgan fingerprint density at radius 1 is 1.47 bits per heavy atom. The number of rotatable bonds is 3. The van der Waals surface area contributed by atoms with Crippen molar-refractivity contribution in [3.8, 4) is 0 Å². The largest absolute Gasteiger partial charge is 0.327 e. The summed E-state index contributed by atoms with van der Waals surface area (Å²) in [6.45, 7) is 0. The van der Waals surface area contributed by atoms with Gasteiger partial charge in [-0.1, -0.05) is 22.4 Å². The molecule has 1 amide bonds. The van der Waals surface area contributed by atoms with E-state index in [1.807, 2.05) is 0 Å². The molecule has 1 aliphatic rings. The Morgan fingerprint density at radius 2 is 2.21 bits per heavy atom. The molecule has 1 aliphatic carbocycles. The van der Waals surface area contributed by atoms with Gasteiger partial charge in [-0.05, 0) is 25.0 Å². The van der Waals surface area contributed by atoms with Crippen LogP contribution in [0.4, 0.5) is 11.4 Å². The van der Waals surface area contributed by atoms with E-state index in [0.29, 0.717) is 4.47 Å². The van der Waals surface area contributed by atoms with E-state index in [-0.39, 0.29) is 29.2 Å². The van der Waals surface area contributed by atoms with Gasteiger partial charge in [0.05, 0.1) is 10.8 Å². The van der Waals surface area contributed by atoms with E-state index in [2.05, 4.69) is 21.2 Å². The van der Waals surface area contributed by atoms with Crippen molar-refractivity contribution in [1.29, 1.82) is 0 Å². The van der Waals surface area contributed by atoms with Gasteiger partial charge in [0.15, 0.2) is 0 Å². The Hall–Kier alpha value is -1.47. The van der Waals surface area contributed by atoms with Crippen LogP contribution in [0, 0.1) is 16.0 Å². The third kappa shape index (κ3) is 3.10. The molecule has 3 N–H and O–H groups in total. The number of halogens is 1. The van der Waals surface area contributed by atoms with E-state index in [1.165, 1.54) is 12.1 Å². The number of nitrogens with zero attached hydrogens (tertiary/aromatic N) is 1. The fourth-order valence-corrected chi connectivity index (χ4v) is 2.65. The number of nitrogens with one attached hydrogen (secondary N) is 1. The first-order valence-corrected chi connectivity index (χ1v) is 6.78. The molecule has 1 saturated carbocycles. The summed E-state index contributed by atoms with van der Waals surface area (Å²) in [7, 11) is 0. The molecule has 6 nitrogen and oxygen atoms in total. The van der Waals surface area contributed by atoms with Gasteiger partial charge in [-0.15, -0.1) is 0 Å². The summed E-state index contributed by atoms with van der Waals surface area (Å²) < 4.78 is 0.592. The van der Waals surface area contributed by atoms with Crippen LogP contribution in [0.1, 0.15) is 19.3 Å². The Balaban J connectivity index is 2.19. The molecule has 2 atom stereocenters. The van der Waals surface area contributed by atoms with Gasteiger partial charge in [0.2, 0.25) is 5.91 Å². The third-order valence-electron chi connectivity index (χ3n) is 3.32. The van der Waals surface area contributed by atoms with E-state index in [9.17, 15) is 14.9 Å². The number of carbonyl (C=O) groups excluding carboxylic acids is 1. The topological polar surface area (TPSA) is 98.3 Å². The van der Waals surface area contributed by atoms with E-state index < -0.39 is 4.92 Å². The average molecular weight is 328 g/mol. The minimum atomic E-state index is -0.519. The van der Waals surface area contributed by atoms with Crippen LogP contribution >= 0.6 is 15.9 Å². The van der Waals surface area contributed by atoms with Gasteiger partial charge in [0.25, 0.3) is 5.69 Å².